The van der Waals surface area contributed by atoms with Crippen LogP contribution in [0, 0.1) is 0 Å². The van der Waals surface area contributed by atoms with E-state index in [-0.39, 0.29) is 12.5 Å². The van der Waals surface area contributed by atoms with Gasteiger partial charge in [-0.2, -0.15) is 0 Å². The lowest BCUT2D eigenvalue weighted by Crippen LogP contribution is -2.20. The maximum Gasteiger partial charge on any atom is 0.250 e. The zero-order valence-electron chi connectivity index (χ0n) is 9.53. The molecule has 6 heteroatoms. The van der Waals surface area contributed by atoms with Crippen LogP contribution in [0.25, 0.3) is 0 Å². The Kier molecular flexibility index (Phi) is 5.96. The molecule has 5 nitrogen and oxygen atoms in total. The molecule has 0 aromatic heterocycles. The van der Waals surface area contributed by atoms with E-state index < -0.39 is 0 Å². The molecule has 0 bridgehead atoms. The fraction of sp³-hybridized carbons (Fsp3) is 0.364. The van der Waals surface area contributed by atoms with Gasteiger partial charge in [0.2, 0.25) is 5.91 Å². The third-order valence-electron chi connectivity index (χ3n) is 1.94. The van der Waals surface area contributed by atoms with E-state index in [1.807, 2.05) is 0 Å². The smallest absolute Gasteiger partial charge is 0.250 e. The number of rotatable bonds is 6. The van der Waals surface area contributed by atoms with Gasteiger partial charge >= 0.3 is 0 Å². The molecule has 0 heterocycles. The summed E-state index contributed by atoms with van der Waals surface area (Å²) < 4.78 is 10.9. The summed E-state index contributed by atoms with van der Waals surface area (Å²) in [5, 5.41) is 2.71. The summed E-state index contributed by atoms with van der Waals surface area (Å²) >= 11 is 3.34. The molecular formula is C11H15BrN2O3. The second-order valence-electron chi connectivity index (χ2n) is 3.24. The number of nitrogens with two attached hydrogens (primary N) is 1. The standard InChI is InChI=1S/C11H15BrN2O3/c1-16-8-2-3-9(12)10(6-8)14-11(15)7-17-5-4-13/h2-3,6H,4-5,7,13H2,1H3,(H,14,15). The Balaban J connectivity index is 2.57. The first-order valence-electron chi connectivity index (χ1n) is 5.08. The van der Waals surface area contributed by atoms with Crippen LogP contribution < -0.4 is 15.8 Å². The van der Waals surface area contributed by atoms with Crippen LogP contribution in [0.4, 0.5) is 5.69 Å². The molecule has 1 aromatic carbocycles. The maximum atomic E-state index is 11.5. The predicted octanol–water partition coefficient (Wildman–Crippen LogP) is 1.37. The molecule has 1 rings (SSSR count). The lowest BCUT2D eigenvalue weighted by atomic mass is 10.3. The lowest BCUT2D eigenvalue weighted by Gasteiger charge is -2.09. The second-order valence-corrected chi connectivity index (χ2v) is 4.09. The van der Waals surface area contributed by atoms with Gasteiger partial charge in [0, 0.05) is 17.1 Å². The molecule has 0 aliphatic carbocycles. The molecule has 0 fully saturated rings. The van der Waals surface area contributed by atoms with E-state index in [2.05, 4.69) is 21.2 Å². The molecule has 1 amide bonds. The van der Waals surface area contributed by atoms with E-state index in [1.54, 1.807) is 25.3 Å². The van der Waals surface area contributed by atoms with Gasteiger partial charge in [0.05, 0.1) is 19.4 Å². The summed E-state index contributed by atoms with van der Waals surface area (Å²) in [5.74, 6) is 0.443. The number of hydrogen-bond donors (Lipinski definition) is 2. The first-order valence-corrected chi connectivity index (χ1v) is 5.88. The molecule has 3 N–H and O–H groups in total. The quantitative estimate of drug-likeness (QED) is 0.779. The topological polar surface area (TPSA) is 73.6 Å². The Labute approximate surface area is 108 Å². The Bertz CT molecular complexity index is 385. The third kappa shape index (κ3) is 4.72. The van der Waals surface area contributed by atoms with Crippen molar-refractivity contribution in [3.8, 4) is 5.75 Å². The first kappa shape index (κ1) is 14.0. The second kappa shape index (κ2) is 7.26. The van der Waals surface area contributed by atoms with Crippen LogP contribution in [-0.4, -0.2) is 32.8 Å². The Morgan fingerprint density at radius 1 is 1.53 bits per heavy atom. The van der Waals surface area contributed by atoms with Gasteiger partial charge in [0.15, 0.2) is 0 Å². The molecule has 0 saturated carbocycles. The number of amides is 1. The molecule has 1 aromatic rings. The molecule has 0 saturated heterocycles. The van der Waals surface area contributed by atoms with E-state index >= 15 is 0 Å². The van der Waals surface area contributed by atoms with Gasteiger partial charge in [-0.1, -0.05) is 0 Å². The van der Waals surface area contributed by atoms with Crippen molar-refractivity contribution >= 4 is 27.5 Å². The van der Waals surface area contributed by atoms with E-state index in [9.17, 15) is 4.79 Å². The molecule has 0 radical (unpaired) electrons. The number of hydrogen-bond acceptors (Lipinski definition) is 4. The fourth-order valence-corrected chi connectivity index (χ4v) is 1.51. The minimum Gasteiger partial charge on any atom is -0.497 e. The van der Waals surface area contributed by atoms with Crippen molar-refractivity contribution in [2.75, 3.05) is 32.2 Å². The normalized spacial score (nSPS) is 10.1. The predicted molar refractivity (Wildman–Crippen MR) is 69.2 cm³/mol. The van der Waals surface area contributed by atoms with Crippen molar-refractivity contribution in [1.82, 2.24) is 0 Å². The fourth-order valence-electron chi connectivity index (χ4n) is 1.16. The molecule has 0 unspecified atom stereocenters. The Morgan fingerprint density at radius 2 is 2.29 bits per heavy atom. The number of methoxy groups -OCH3 is 1. The summed E-state index contributed by atoms with van der Waals surface area (Å²) in [7, 11) is 1.57. The van der Waals surface area contributed by atoms with Crippen LogP contribution in [0.5, 0.6) is 5.75 Å². The zero-order valence-corrected chi connectivity index (χ0v) is 11.1. The summed E-state index contributed by atoms with van der Waals surface area (Å²) in [6, 6.07) is 5.32. The molecule has 17 heavy (non-hydrogen) atoms. The van der Waals surface area contributed by atoms with Gasteiger partial charge in [-0.3, -0.25) is 4.79 Å². The average molecular weight is 303 g/mol. The highest BCUT2D eigenvalue weighted by Gasteiger charge is 2.06. The number of carbonyl (C=O) groups excluding carboxylic acids is 1. The number of halogens is 1. The minimum absolute atomic E-state index is 0.0130. The average Bonchev–Trinajstić information content (AvgIpc) is 2.32. The monoisotopic (exact) mass is 302 g/mol. The van der Waals surface area contributed by atoms with E-state index in [0.29, 0.717) is 24.6 Å². The number of anilines is 1. The van der Waals surface area contributed by atoms with E-state index in [1.165, 1.54) is 0 Å². The van der Waals surface area contributed by atoms with Crippen LogP contribution in [0.2, 0.25) is 0 Å². The molecule has 0 spiro atoms. The molecule has 0 aliphatic heterocycles. The summed E-state index contributed by atoms with van der Waals surface area (Å²) in [6.07, 6.45) is 0. The first-order chi connectivity index (χ1) is 8.17. The van der Waals surface area contributed by atoms with Crippen LogP contribution >= 0.6 is 15.9 Å². The van der Waals surface area contributed by atoms with Crippen LogP contribution in [0.1, 0.15) is 0 Å². The SMILES string of the molecule is COc1ccc(Br)c(NC(=O)COCCN)c1. The van der Waals surface area contributed by atoms with Gasteiger partial charge in [0.25, 0.3) is 0 Å². The summed E-state index contributed by atoms with van der Waals surface area (Å²) in [4.78, 5) is 11.5. The van der Waals surface area contributed by atoms with Crippen molar-refractivity contribution in [1.29, 1.82) is 0 Å². The highest BCUT2D eigenvalue weighted by molar-refractivity contribution is 9.10. The van der Waals surface area contributed by atoms with Gasteiger partial charge in [-0.15, -0.1) is 0 Å². The largest absolute Gasteiger partial charge is 0.497 e. The molecule has 94 valence electrons. The van der Waals surface area contributed by atoms with Crippen molar-refractivity contribution in [3.63, 3.8) is 0 Å². The third-order valence-corrected chi connectivity index (χ3v) is 2.63. The van der Waals surface area contributed by atoms with Crippen LogP contribution in [0.3, 0.4) is 0 Å². The lowest BCUT2D eigenvalue weighted by molar-refractivity contribution is -0.120. The highest BCUT2D eigenvalue weighted by Crippen LogP contribution is 2.26. The minimum atomic E-state index is -0.229. The number of benzene rings is 1. The maximum absolute atomic E-state index is 11.5. The van der Waals surface area contributed by atoms with Crippen molar-refractivity contribution in [3.05, 3.63) is 22.7 Å². The zero-order chi connectivity index (χ0) is 12.7. The van der Waals surface area contributed by atoms with Crippen LogP contribution in [0.15, 0.2) is 22.7 Å². The number of carbonyl (C=O) groups is 1. The summed E-state index contributed by atoms with van der Waals surface area (Å²) in [6.45, 7) is 0.754. The Hall–Kier alpha value is -1.11. The Morgan fingerprint density at radius 3 is 2.94 bits per heavy atom. The van der Waals surface area contributed by atoms with Crippen LogP contribution in [-0.2, 0) is 9.53 Å². The van der Waals surface area contributed by atoms with Gasteiger partial charge in [-0.05, 0) is 28.1 Å². The van der Waals surface area contributed by atoms with Gasteiger partial charge in [0.1, 0.15) is 12.4 Å². The van der Waals surface area contributed by atoms with Crippen molar-refractivity contribution < 1.29 is 14.3 Å². The molecular weight excluding hydrogens is 288 g/mol. The van der Waals surface area contributed by atoms with Gasteiger partial charge < -0.3 is 20.5 Å². The number of ether oxygens (including phenoxy) is 2. The van der Waals surface area contributed by atoms with Crippen molar-refractivity contribution in [2.24, 2.45) is 5.73 Å². The van der Waals surface area contributed by atoms with Crippen molar-refractivity contribution in [2.45, 2.75) is 0 Å². The van der Waals surface area contributed by atoms with E-state index in [4.69, 9.17) is 15.2 Å². The molecule has 0 atom stereocenters. The van der Waals surface area contributed by atoms with E-state index in [0.717, 1.165) is 4.47 Å². The highest BCUT2D eigenvalue weighted by atomic mass is 79.9. The number of nitrogens with one attached hydrogen (secondary N) is 1. The molecule has 0 aliphatic rings. The summed E-state index contributed by atoms with van der Waals surface area (Å²) in [5.41, 5.74) is 5.89. The van der Waals surface area contributed by atoms with Gasteiger partial charge in [-0.25, -0.2) is 0 Å².